The molecule has 1 aromatic rings. The van der Waals surface area contributed by atoms with Crippen LogP contribution in [-0.2, 0) is 6.42 Å². The van der Waals surface area contributed by atoms with Crippen molar-refractivity contribution in [3.8, 4) is 0 Å². The van der Waals surface area contributed by atoms with Crippen LogP contribution in [0.15, 0.2) is 24.3 Å². The molecule has 5 nitrogen and oxygen atoms in total. The highest BCUT2D eigenvalue weighted by molar-refractivity contribution is 6.30. The van der Waals surface area contributed by atoms with Gasteiger partial charge in [-0.3, -0.25) is 15.4 Å². The number of hydrogen-bond donors (Lipinski definition) is 2. The molecule has 0 spiro atoms. The SMILES string of the molecule is NC(C[N+](=O)[O-])NCCc1cccc(Cl)c1. The Labute approximate surface area is 98.7 Å². The molecule has 0 heterocycles. The number of halogens is 1. The first-order chi connectivity index (χ1) is 7.58. The Hall–Kier alpha value is -1.17. The second-order valence-corrected chi connectivity index (χ2v) is 3.89. The molecule has 0 aliphatic rings. The summed E-state index contributed by atoms with van der Waals surface area (Å²) in [6, 6.07) is 7.49. The lowest BCUT2D eigenvalue weighted by molar-refractivity contribution is -0.483. The van der Waals surface area contributed by atoms with Crippen LogP contribution in [0.4, 0.5) is 0 Å². The van der Waals surface area contributed by atoms with Crippen molar-refractivity contribution < 1.29 is 4.92 Å². The van der Waals surface area contributed by atoms with Crippen LogP contribution < -0.4 is 11.1 Å². The van der Waals surface area contributed by atoms with Crippen molar-refractivity contribution in [1.82, 2.24) is 5.32 Å². The first-order valence-electron chi connectivity index (χ1n) is 4.93. The monoisotopic (exact) mass is 243 g/mol. The number of nitrogens with two attached hydrogens (primary N) is 1. The van der Waals surface area contributed by atoms with Gasteiger partial charge in [-0.25, -0.2) is 0 Å². The van der Waals surface area contributed by atoms with Gasteiger partial charge in [-0.2, -0.15) is 0 Å². The van der Waals surface area contributed by atoms with E-state index in [1.54, 1.807) is 6.07 Å². The molecule has 1 unspecified atom stereocenters. The molecule has 3 N–H and O–H groups in total. The Kier molecular flexibility index (Phi) is 5.18. The van der Waals surface area contributed by atoms with Crippen molar-refractivity contribution >= 4 is 11.6 Å². The van der Waals surface area contributed by atoms with Gasteiger partial charge in [0.25, 0.3) is 0 Å². The molecule has 0 amide bonds. The van der Waals surface area contributed by atoms with Crippen molar-refractivity contribution in [1.29, 1.82) is 0 Å². The van der Waals surface area contributed by atoms with Gasteiger partial charge in [0.1, 0.15) is 6.17 Å². The highest BCUT2D eigenvalue weighted by Gasteiger charge is 2.07. The lowest BCUT2D eigenvalue weighted by Gasteiger charge is -2.09. The van der Waals surface area contributed by atoms with Crippen LogP contribution in [0.1, 0.15) is 5.56 Å². The minimum atomic E-state index is -0.603. The summed E-state index contributed by atoms with van der Waals surface area (Å²) >= 11 is 5.82. The molecule has 1 aromatic carbocycles. The van der Waals surface area contributed by atoms with E-state index in [0.29, 0.717) is 11.6 Å². The molecule has 88 valence electrons. The van der Waals surface area contributed by atoms with Gasteiger partial charge in [0.05, 0.1) is 0 Å². The Bertz CT molecular complexity index is 360. The fourth-order valence-corrected chi connectivity index (χ4v) is 1.53. The van der Waals surface area contributed by atoms with Gasteiger partial charge in [-0.15, -0.1) is 0 Å². The molecule has 0 aromatic heterocycles. The smallest absolute Gasteiger partial charge is 0.231 e. The summed E-state index contributed by atoms with van der Waals surface area (Å²) in [6.45, 7) is 0.324. The lowest BCUT2D eigenvalue weighted by Crippen LogP contribution is -2.43. The summed E-state index contributed by atoms with van der Waals surface area (Å²) < 4.78 is 0. The Balaban J connectivity index is 2.27. The zero-order valence-electron chi connectivity index (χ0n) is 8.73. The molecule has 0 radical (unpaired) electrons. The molecule has 16 heavy (non-hydrogen) atoms. The number of benzene rings is 1. The van der Waals surface area contributed by atoms with Crippen LogP contribution in [0.25, 0.3) is 0 Å². The molecule has 1 atom stereocenters. The van der Waals surface area contributed by atoms with E-state index in [1.165, 1.54) is 0 Å². The average molecular weight is 244 g/mol. The van der Waals surface area contributed by atoms with Gasteiger partial charge < -0.3 is 5.73 Å². The molecular formula is C10H14ClN3O2. The van der Waals surface area contributed by atoms with Gasteiger partial charge in [-0.1, -0.05) is 23.7 Å². The van der Waals surface area contributed by atoms with Gasteiger partial charge >= 0.3 is 0 Å². The zero-order chi connectivity index (χ0) is 12.0. The molecule has 0 aliphatic heterocycles. The number of nitro groups is 1. The predicted molar refractivity (Wildman–Crippen MR) is 63.0 cm³/mol. The topological polar surface area (TPSA) is 81.2 Å². The predicted octanol–water partition coefficient (Wildman–Crippen LogP) is 1.03. The van der Waals surface area contributed by atoms with Gasteiger partial charge in [-0.05, 0) is 24.1 Å². The second-order valence-electron chi connectivity index (χ2n) is 3.46. The van der Waals surface area contributed by atoms with Crippen LogP contribution in [0.3, 0.4) is 0 Å². The average Bonchev–Trinajstić information content (AvgIpc) is 2.16. The third-order valence-electron chi connectivity index (χ3n) is 2.05. The van der Waals surface area contributed by atoms with Crippen LogP contribution in [0.5, 0.6) is 0 Å². The summed E-state index contributed by atoms with van der Waals surface area (Å²) in [4.78, 5) is 9.72. The van der Waals surface area contributed by atoms with Crippen molar-refractivity contribution in [3.63, 3.8) is 0 Å². The number of hydrogen-bond acceptors (Lipinski definition) is 4. The summed E-state index contributed by atoms with van der Waals surface area (Å²) in [5.74, 6) is 0. The van der Waals surface area contributed by atoms with Crippen LogP contribution in [0.2, 0.25) is 5.02 Å². The van der Waals surface area contributed by atoms with Crippen molar-refractivity contribution in [2.45, 2.75) is 12.6 Å². The van der Waals surface area contributed by atoms with E-state index in [9.17, 15) is 10.1 Å². The number of rotatable bonds is 6. The summed E-state index contributed by atoms with van der Waals surface area (Å²) in [7, 11) is 0. The zero-order valence-corrected chi connectivity index (χ0v) is 9.48. The van der Waals surface area contributed by atoms with Gasteiger partial charge in [0, 0.05) is 16.5 Å². The summed E-state index contributed by atoms with van der Waals surface area (Å²) in [5.41, 5.74) is 6.57. The van der Waals surface area contributed by atoms with Crippen molar-refractivity contribution in [2.24, 2.45) is 5.73 Å². The third-order valence-corrected chi connectivity index (χ3v) is 2.29. The maximum absolute atomic E-state index is 10.2. The first kappa shape index (κ1) is 12.9. The van der Waals surface area contributed by atoms with E-state index in [1.807, 2.05) is 18.2 Å². The Morgan fingerprint density at radius 2 is 2.31 bits per heavy atom. The fraction of sp³-hybridized carbons (Fsp3) is 0.400. The molecule has 6 heteroatoms. The number of nitrogens with one attached hydrogen (secondary N) is 1. The summed E-state index contributed by atoms with van der Waals surface area (Å²) in [6.07, 6.45) is 0.139. The second kappa shape index (κ2) is 6.42. The van der Waals surface area contributed by atoms with Crippen LogP contribution >= 0.6 is 11.6 Å². The molecule has 0 saturated heterocycles. The maximum atomic E-state index is 10.2. The molecular weight excluding hydrogens is 230 g/mol. The highest BCUT2D eigenvalue weighted by atomic mass is 35.5. The normalized spacial score (nSPS) is 12.4. The van der Waals surface area contributed by atoms with Crippen molar-refractivity contribution in [2.75, 3.05) is 13.1 Å². The molecule has 1 rings (SSSR count). The molecule has 0 bridgehead atoms. The molecule has 0 fully saturated rings. The van der Waals surface area contributed by atoms with E-state index >= 15 is 0 Å². The lowest BCUT2D eigenvalue weighted by atomic mass is 10.1. The Morgan fingerprint density at radius 3 is 2.94 bits per heavy atom. The third kappa shape index (κ3) is 5.06. The molecule has 0 saturated carbocycles. The van der Waals surface area contributed by atoms with E-state index in [4.69, 9.17) is 17.3 Å². The van der Waals surface area contributed by atoms with Crippen LogP contribution in [-0.4, -0.2) is 24.2 Å². The number of nitrogens with zero attached hydrogens (tertiary/aromatic N) is 1. The quantitative estimate of drug-likeness (QED) is 0.444. The van der Waals surface area contributed by atoms with Crippen LogP contribution in [0, 0.1) is 10.1 Å². The van der Waals surface area contributed by atoms with Gasteiger partial charge in [0.15, 0.2) is 0 Å². The summed E-state index contributed by atoms with van der Waals surface area (Å²) in [5, 5.41) is 13.7. The Morgan fingerprint density at radius 1 is 1.56 bits per heavy atom. The van der Waals surface area contributed by atoms with E-state index in [0.717, 1.165) is 12.0 Å². The maximum Gasteiger partial charge on any atom is 0.231 e. The highest BCUT2D eigenvalue weighted by Crippen LogP contribution is 2.10. The van der Waals surface area contributed by atoms with E-state index in [-0.39, 0.29) is 6.54 Å². The fourth-order valence-electron chi connectivity index (χ4n) is 1.32. The molecule has 0 aliphatic carbocycles. The van der Waals surface area contributed by atoms with Crippen molar-refractivity contribution in [3.05, 3.63) is 45.0 Å². The standard InChI is InChI=1S/C10H14ClN3O2/c11-9-3-1-2-8(6-9)4-5-13-10(12)7-14(15)16/h1-3,6,10,13H,4-5,7,12H2. The van der Waals surface area contributed by atoms with Gasteiger partial charge in [0.2, 0.25) is 6.54 Å². The minimum absolute atomic E-state index is 0.268. The van der Waals surface area contributed by atoms with E-state index in [2.05, 4.69) is 5.32 Å². The minimum Gasteiger partial charge on any atom is -0.310 e. The first-order valence-corrected chi connectivity index (χ1v) is 5.31. The largest absolute Gasteiger partial charge is 0.310 e. The van der Waals surface area contributed by atoms with E-state index < -0.39 is 11.1 Å².